The molecule has 0 unspecified atom stereocenters. The molecule has 2 rings (SSSR count). The van der Waals surface area contributed by atoms with E-state index in [1.807, 2.05) is 18.2 Å². The average Bonchev–Trinajstić information content (AvgIpc) is 2.20. The zero-order valence-corrected chi connectivity index (χ0v) is 9.38. The number of fused-ring (bicyclic) bond motifs is 1. The van der Waals surface area contributed by atoms with E-state index in [4.69, 9.17) is 17.3 Å². The Hall–Kier alpha value is -1.12. The molecule has 0 aliphatic carbocycles. The SMILES string of the molecule is Cc1cc2ccc(Cl)cc2nc1CCN. The van der Waals surface area contributed by atoms with Gasteiger partial charge < -0.3 is 5.73 Å². The van der Waals surface area contributed by atoms with Crippen molar-refractivity contribution in [2.75, 3.05) is 6.54 Å². The number of nitrogens with two attached hydrogens (primary N) is 1. The van der Waals surface area contributed by atoms with E-state index in [0.29, 0.717) is 6.54 Å². The lowest BCUT2D eigenvalue weighted by Gasteiger charge is -2.06. The van der Waals surface area contributed by atoms with E-state index in [1.54, 1.807) is 0 Å². The predicted octanol–water partition coefficient (Wildman–Crippen LogP) is 2.70. The average molecular weight is 221 g/mol. The van der Waals surface area contributed by atoms with Gasteiger partial charge in [-0.2, -0.15) is 0 Å². The van der Waals surface area contributed by atoms with Crippen molar-refractivity contribution in [3.63, 3.8) is 0 Å². The first-order valence-electron chi connectivity index (χ1n) is 4.96. The van der Waals surface area contributed by atoms with Crippen LogP contribution in [0.3, 0.4) is 0 Å². The lowest BCUT2D eigenvalue weighted by molar-refractivity contribution is 0.919. The Morgan fingerprint density at radius 1 is 1.33 bits per heavy atom. The first kappa shape index (κ1) is 10.4. The number of hydrogen-bond acceptors (Lipinski definition) is 2. The third-order valence-electron chi connectivity index (χ3n) is 2.46. The van der Waals surface area contributed by atoms with Crippen LogP contribution in [0.1, 0.15) is 11.3 Å². The summed E-state index contributed by atoms with van der Waals surface area (Å²) in [5.41, 5.74) is 8.73. The third kappa shape index (κ3) is 2.11. The van der Waals surface area contributed by atoms with Gasteiger partial charge in [0.2, 0.25) is 0 Å². The summed E-state index contributed by atoms with van der Waals surface area (Å²) in [7, 11) is 0. The minimum absolute atomic E-state index is 0.625. The van der Waals surface area contributed by atoms with Gasteiger partial charge in [-0.1, -0.05) is 17.7 Å². The van der Waals surface area contributed by atoms with E-state index < -0.39 is 0 Å². The summed E-state index contributed by atoms with van der Waals surface area (Å²) in [4.78, 5) is 4.56. The first-order valence-corrected chi connectivity index (χ1v) is 5.34. The van der Waals surface area contributed by atoms with Gasteiger partial charge in [0.15, 0.2) is 0 Å². The molecule has 0 fully saturated rings. The fraction of sp³-hybridized carbons (Fsp3) is 0.250. The highest BCUT2D eigenvalue weighted by molar-refractivity contribution is 6.31. The minimum Gasteiger partial charge on any atom is -0.330 e. The van der Waals surface area contributed by atoms with Crippen molar-refractivity contribution in [3.05, 3.63) is 40.5 Å². The maximum absolute atomic E-state index is 5.92. The molecule has 0 saturated carbocycles. The molecule has 2 nitrogen and oxygen atoms in total. The maximum Gasteiger partial charge on any atom is 0.0720 e. The van der Waals surface area contributed by atoms with Gasteiger partial charge in [-0.25, -0.2) is 0 Å². The van der Waals surface area contributed by atoms with Crippen molar-refractivity contribution in [1.82, 2.24) is 4.98 Å². The van der Waals surface area contributed by atoms with Gasteiger partial charge in [-0.3, -0.25) is 4.98 Å². The van der Waals surface area contributed by atoms with Gasteiger partial charge in [0.1, 0.15) is 0 Å². The van der Waals surface area contributed by atoms with Gasteiger partial charge in [-0.05, 0) is 37.2 Å². The molecule has 1 aromatic heterocycles. The van der Waals surface area contributed by atoms with E-state index >= 15 is 0 Å². The fourth-order valence-electron chi connectivity index (χ4n) is 1.68. The maximum atomic E-state index is 5.92. The van der Waals surface area contributed by atoms with Crippen LogP contribution in [0.25, 0.3) is 10.9 Å². The van der Waals surface area contributed by atoms with Crippen LogP contribution in [-0.2, 0) is 6.42 Å². The molecule has 0 aliphatic rings. The zero-order chi connectivity index (χ0) is 10.8. The Balaban J connectivity index is 2.61. The van der Waals surface area contributed by atoms with E-state index in [1.165, 1.54) is 5.56 Å². The van der Waals surface area contributed by atoms with E-state index in [9.17, 15) is 0 Å². The predicted molar refractivity (Wildman–Crippen MR) is 64.2 cm³/mol. The molecule has 0 saturated heterocycles. The van der Waals surface area contributed by atoms with Crippen LogP contribution >= 0.6 is 11.6 Å². The highest BCUT2D eigenvalue weighted by atomic mass is 35.5. The summed E-state index contributed by atoms with van der Waals surface area (Å²) >= 11 is 5.92. The van der Waals surface area contributed by atoms with Crippen LogP contribution in [0.5, 0.6) is 0 Å². The molecule has 0 bridgehead atoms. The Kier molecular flexibility index (Phi) is 2.89. The normalized spacial score (nSPS) is 10.9. The molecular formula is C12H13ClN2. The van der Waals surface area contributed by atoms with Crippen molar-refractivity contribution in [2.45, 2.75) is 13.3 Å². The number of rotatable bonds is 2. The minimum atomic E-state index is 0.625. The Morgan fingerprint density at radius 2 is 2.13 bits per heavy atom. The lowest BCUT2D eigenvalue weighted by Crippen LogP contribution is -2.06. The molecule has 3 heteroatoms. The second kappa shape index (κ2) is 4.17. The van der Waals surface area contributed by atoms with E-state index in [0.717, 1.165) is 28.0 Å². The fourth-order valence-corrected chi connectivity index (χ4v) is 1.84. The molecule has 1 aromatic carbocycles. The topological polar surface area (TPSA) is 38.9 Å². The Bertz CT molecular complexity index is 494. The molecule has 15 heavy (non-hydrogen) atoms. The highest BCUT2D eigenvalue weighted by Gasteiger charge is 2.03. The molecule has 0 spiro atoms. The monoisotopic (exact) mass is 220 g/mol. The molecule has 0 atom stereocenters. The summed E-state index contributed by atoms with van der Waals surface area (Å²) in [5.74, 6) is 0. The van der Waals surface area contributed by atoms with Crippen LogP contribution in [0.4, 0.5) is 0 Å². The summed E-state index contributed by atoms with van der Waals surface area (Å²) in [6.45, 7) is 2.69. The number of halogens is 1. The van der Waals surface area contributed by atoms with Gasteiger partial charge in [0.25, 0.3) is 0 Å². The number of nitrogens with zero attached hydrogens (tertiary/aromatic N) is 1. The van der Waals surface area contributed by atoms with Crippen molar-refractivity contribution >= 4 is 22.5 Å². The summed E-state index contributed by atoms with van der Waals surface area (Å²) in [6.07, 6.45) is 0.814. The smallest absolute Gasteiger partial charge is 0.0720 e. The van der Waals surface area contributed by atoms with Gasteiger partial charge in [0.05, 0.1) is 5.52 Å². The van der Waals surface area contributed by atoms with Crippen LogP contribution in [0.15, 0.2) is 24.3 Å². The number of aryl methyl sites for hydroxylation is 1. The summed E-state index contributed by atoms with van der Waals surface area (Å²) in [6, 6.07) is 7.89. The first-order chi connectivity index (χ1) is 7.20. The largest absolute Gasteiger partial charge is 0.330 e. The molecule has 0 amide bonds. The van der Waals surface area contributed by atoms with E-state index in [-0.39, 0.29) is 0 Å². The molecular weight excluding hydrogens is 208 g/mol. The molecule has 2 N–H and O–H groups in total. The standard InChI is InChI=1S/C12H13ClN2/c1-8-6-9-2-3-10(13)7-12(9)15-11(8)4-5-14/h2-3,6-7H,4-5,14H2,1H3. The second-order valence-electron chi connectivity index (χ2n) is 3.63. The highest BCUT2D eigenvalue weighted by Crippen LogP contribution is 2.20. The molecule has 2 aromatic rings. The molecule has 1 heterocycles. The van der Waals surface area contributed by atoms with Gasteiger partial charge in [0, 0.05) is 22.5 Å². The number of aromatic nitrogens is 1. The van der Waals surface area contributed by atoms with Crippen molar-refractivity contribution in [1.29, 1.82) is 0 Å². The Labute approximate surface area is 94.1 Å². The second-order valence-corrected chi connectivity index (χ2v) is 4.06. The summed E-state index contributed by atoms with van der Waals surface area (Å²) in [5, 5.41) is 1.84. The third-order valence-corrected chi connectivity index (χ3v) is 2.69. The number of pyridine rings is 1. The van der Waals surface area contributed by atoms with Crippen LogP contribution in [0.2, 0.25) is 5.02 Å². The lowest BCUT2D eigenvalue weighted by atomic mass is 10.1. The summed E-state index contributed by atoms with van der Waals surface area (Å²) < 4.78 is 0. The number of benzene rings is 1. The molecule has 0 aliphatic heterocycles. The van der Waals surface area contributed by atoms with Crippen LogP contribution in [-0.4, -0.2) is 11.5 Å². The van der Waals surface area contributed by atoms with Gasteiger partial charge in [-0.15, -0.1) is 0 Å². The Morgan fingerprint density at radius 3 is 2.87 bits per heavy atom. The zero-order valence-electron chi connectivity index (χ0n) is 8.63. The van der Waals surface area contributed by atoms with Gasteiger partial charge >= 0.3 is 0 Å². The van der Waals surface area contributed by atoms with Crippen LogP contribution < -0.4 is 5.73 Å². The molecule has 0 radical (unpaired) electrons. The van der Waals surface area contributed by atoms with Crippen molar-refractivity contribution < 1.29 is 0 Å². The van der Waals surface area contributed by atoms with Crippen molar-refractivity contribution in [2.24, 2.45) is 5.73 Å². The van der Waals surface area contributed by atoms with Crippen LogP contribution in [0, 0.1) is 6.92 Å². The van der Waals surface area contributed by atoms with E-state index in [2.05, 4.69) is 18.0 Å². The molecule has 78 valence electrons. The van der Waals surface area contributed by atoms with Crippen molar-refractivity contribution in [3.8, 4) is 0 Å². The number of hydrogen-bond donors (Lipinski definition) is 1. The quantitative estimate of drug-likeness (QED) is 0.845.